The molecule has 6 aromatic rings. The highest BCUT2D eigenvalue weighted by molar-refractivity contribution is 5.93. The highest BCUT2D eigenvalue weighted by Gasteiger charge is 2.30. The Kier molecular flexibility index (Phi) is 15.4. The quantitative estimate of drug-likeness (QED) is 0.117. The van der Waals surface area contributed by atoms with Crippen molar-refractivity contribution in [3.63, 3.8) is 0 Å². The van der Waals surface area contributed by atoms with Crippen LogP contribution in [0.5, 0.6) is 11.5 Å². The minimum absolute atomic E-state index is 0. The summed E-state index contributed by atoms with van der Waals surface area (Å²) in [6.07, 6.45) is -0.947. The van der Waals surface area contributed by atoms with Gasteiger partial charge in [0.15, 0.2) is 11.6 Å². The molecule has 0 radical (unpaired) electrons. The maximum atomic E-state index is 12.6. The van der Waals surface area contributed by atoms with Gasteiger partial charge in [-0.2, -0.15) is 0 Å². The Balaban J connectivity index is 0.000000206. The number of aromatic hydroxyl groups is 2. The van der Waals surface area contributed by atoms with Crippen LogP contribution in [0.15, 0.2) is 97.1 Å². The number of piperazine rings is 2. The fourth-order valence-electron chi connectivity index (χ4n) is 7.96. The molecule has 2 aliphatic rings. The Morgan fingerprint density at radius 3 is 1.19 bits per heavy atom. The number of nitrogens with zero attached hydrogens (tertiary/aromatic N) is 8. The Bertz CT molecular complexity index is 2330. The number of fused-ring (bicyclic) bond motifs is 2. The first kappa shape index (κ1) is 46.4. The van der Waals surface area contributed by atoms with Gasteiger partial charge in [0.05, 0.1) is 22.2 Å². The van der Waals surface area contributed by atoms with Crippen molar-refractivity contribution in [3.05, 3.63) is 97.1 Å². The number of aromatic nitrogens is 4. The Morgan fingerprint density at radius 1 is 0.508 bits per heavy atom. The van der Waals surface area contributed by atoms with Crippen LogP contribution >= 0.6 is 12.4 Å². The van der Waals surface area contributed by atoms with Crippen LogP contribution < -0.4 is 9.80 Å². The highest BCUT2D eigenvalue weighted by Crippen LogP contribution is 2.34. The van der Waals surface area contributed by atoms with E-state index in [1.165, 1.54) is 0 Å². The van der Waals surface area contributed by atoms with Crippen LogP contribution in [0.3, 0.4) is 0 Å². The number of para-hydroxylation sites is 4. The first-order chi connectivity index (χ1) is 29.9. The topological polar surface area (TPSA) is 180 Å². The van der Waals surface area contributed by atoms with Crippen molar-refractivity contribution >= 4 is 57.7 Å². The summed E-state index contributed by atoms with van der Waals surface area (Å²) in [7, 11) is 0. The first-order valence-corrected chi connectivity index (χ1v) is 21.4. The molecule has 2 atom stereocenters. The van der Waals surface area contributed by atoms with Gasteiger partial charge in [0.2, 0.25) is 0 Å². The second kappa shape index (κ2) is 20.9. The van der Waals surface area contributed by atoms with Crippen molar-refractivity contribution in [2.75, 3.05) is 62.2 Å². The number of amides is 2. The molecular formula is C48H57ClN8O6. The Hall–Kier alpha value is -6.09. The summed E-state index contributed by atoms with van der Waals surface area (Å²) >= 11 is 0. The molecule has 2 aliphatic heterocycles. The third kappa shape index (κ3) is 10.9. The van der Waals surface area contributed by atoms with Gasteiger partial charge in [0.25, 0.3) is 11.8 Å². The van der Waals surface area contributed by atoms with E-state index in [2.05, 4.69) is 19.8 Å². The lowest BCUT2D eigenvalue weighted by atomic mass is 10.0. The van der Waals surface area contributed by atoms with Crippen molar-refractivity contribution in [1.82, 2.24) is 29.7 Å². The van der Waals surface area contributed by atoms with Crippen LogP contribution in [-0.4, -0.2) is 127 Å². The number of aliphatic hydroxyl groups is 2. The molecule has 332 valence electrons. The summed E-state index contributed by atoms with van der Waals surface area (Å²) in [6.45, 7) is 12.5. The molecule has 63 heavy (non-hydrogen) atoms. The van der Waals surface area contributed by atoms with Gasteiger partial charge >= 0.3 is 0 Å². The zero-order valence-electron chi connectivity index (χ0n) is 36.2. The number of rotatable bonds is 10. The van der Waals surface area contributed by atoms with Crippen molar-refractivity contribution < 1.29 is 30.0 Å². The summed E-state index contributed by atoms with van der Waals surface area (Å²) in [5.41, 5.74) is 2.77. The highest BCUT2D eigenvalue weighted by atomic mass is 35.5. The molecule has 15 heteroatoms. The van der Waals surface area contributed by atoms with Gasteiger partial charge in [-0.3, -0.25) is 9.59 Å². The van der Waals surface area contributed by atoms with E-state index in [0.717, 1.165) is 33.4 Å². The van der Waals surface area contributed by atoms with Crippen molar-refractivity contribution in [2.45, 2.75) is 52.7 Å². The molecule has 4 aromatic carbocycles. The minimum atomic E-state index is -0.945. The second-order valence-electron chi connectivity index (χ2n) is 16.7. The number of phenolic OH excluding ortho intramolecular Hbond substituents is 2. The minimum Gasteiger partial charge on any atom is -0.507 e. The second-order valence-corrected chi connectivity index (χ2v) is 16.7. The molecule has 2 fully saturated rings. The molecule has 2 amide bonds. The van der Waals surface area contributed by atoms with E-state index in [-0.39, 0.29) is 47.6 Å². The lowest BCUT2D eigenvalue weighted by Crippen LogP contribution is -2.52. The monoisotopic (exact) mass is 876 g/mol. The van der Waals surface area contributed by atoms with Gasteiger partial charge in [-0.1, -0.05) is 76.2 Å². The fraction of sp³-hybridized carbons (Fsp3) is 0.375. The first-order valence-electron chi connectivity index (χ1n) is 21.4. The van der Waals surface area contributed by atoms with Crippen LogP contribution in [0.1, 0.15) is 40.5 Å². The maximum absolute atomic E-state index is 12.6. The van der Waals surface area contributed by atoms with Gasteiger partial charge in [-0.05, 0) is 73.2 Å². The Labute approximate surface area is 374 Å². The number of hydrogen-bond acceptors (Lipinski definition) is 12. The standard InChI is InChI=1S/2C24H28N4O3.ClH/c2*1-16(2)15-21(30)24(31)28-13-11-27(12-14-28)23-17-7-3-5-9-19(17)25-22(26-23)18-8-4-6-10-20(18)29;/h2*3-10,16,21,29-30H,11-15H2,1-2H3;1H/t2*21-;/m11./s1. The van der Waals surface area contributed by atoms with E-state index in [1.807, 2.05) is 88.4 Å². The molecule has 2 saturated heterocycles. The summed E-state index contributed by atoms with van der Waals surface area (Å²) in [4.78, 5) is 51.8. The van der Waals surface area contributed by atoms with E-state index >= 15 is 0 Å². The van der Waals surface area contributed by atoms with Gasteiger partial charge in [-0.15, -0.1) is 12.4 Å². The number of carbonyl (C=O) groups excluding carboxylic acids is 2. The number of benzene rings is 4. The molecule has 0 spiro atoms. The number of anilines is 2. The van der Waals surface area contributed by atoms with E-state index in [1.54, 1.807) is 46.2 Å². The van der Waals surface area contributed by atoms with E-state index in [4.69, 9.17) is 9.97 Å². The third-order valence-electron chi connectivity index (χ3n) is 11.2. The van der Waals surface area contributed by atoms with Crippen LogP contribution in [0.2, 0.25) is 0 Å². The van der Waals surface area contributed by atoms with Gasteiger partial charge in [0, 0.05) is 63.1 Å². The lowest BCUT2D eigenvalue weighted by molar-refractivity contribution is -0.141. The van der Waals surface area contributed by atoms with Gasteiger partial charge < -0.3 is 40.0 Å². The molecule has 14 nitrogen and oxygen atoms in total. The van der Waals surface area contributed by atoms with Gasteiger partial charge in [-0.25, -0.2) is 19.9 Å². The number of hydrogen-bond donors (Lipinski definition) is 4. The summed E-state index contributed by atoms with van der Waals surface area (Å²) in [6, 6.07) is 29.7. The van der Waals surface area contributed by atoms with Crippen molar-refractivity contribution in [2.24, 2.45) is 11.8 Å². The lowest BCUT2D eigenvalue weighted by Gasteiger charge is -2.37. The van der Waals surface area contributed by atoms with E-state index in [9.17, 15) is 30.0 Å². The van der Waals surface area contributed by atoms with E-state index in [0.29, 0.717) is 88.0 Å². The summed E-state index contributed by atoms with van der Waals surface area (Å²) < 4.78 is 0. The van der Waals surface area contributed by atoms with Gasteiger partial charge in [0.1, 0.15) is 35.3 Å². The van der Waals surface area contributed by atoms with E-state index < -0.39 is 12.2 Å². The maximum Gasteiger partial charge on any atom is 0.251 e. The van der Waals surface area contributed by atoms with Crippen LogP contribution in [0, 0.1) is 11.8 Å². The predicted octanol–water partition coefficient (Wildman–Crippen LogP) is 6.54. The smallest absolute Gasteiger partial charge is 0.251 e. The summed E-state index contributed by atoms with van der Waals surface area (Å²) in [5.74, 6) is 2.93. The molecular weight excluding hydrogens is 820 g/mol. The zero-order chi connectivity index (χ0) is 43.9. The zero-order valence-corrected chi connectivity index (χ0v) is 37.0. The Morgan fingerprint density at radius 2 is 0.841 bits per heavy atom. The molecule has 0 bridgehead atoms. The SMILES string of the molecule is CC(C)C[C@@H](O)C(=O)N1CCN(c2nc(-c3ccccc3O)nc3ccccc23)CC1.CC(C)C[C@@H](O)C(=O)N1CCN(c2nc(-c3ccccc3O)nc3ccccc23)CC1.Cl. The largest absolute Gasteiger partial charge is 0.507 e. The molecule has 4 N–H and O–H groups in total. The molecule has 0 aliphatic carbocycles. The number of carbonyl (C=O) groups is 2. The molecule has 4 heterocycles. The fourth-order valence-corrected chi connectivity index (χ4v) is 7.96. The van der Waals surface area contributed by atoms with Crippen LogP contribution in [0.4, 0.5) is 11.6 Å². The summed E-state index contributed by atoms with van der Waals surface area (Å²) in [5, 5.41) is 42.8. The predicted molar refractivity (Wildman–Crippen MR) is 249 cm³/mol. The molecule has 8 rings (SSSR count). The molecule has 2 aromatic heterocycles. The number of phenols is 2. The average Bonchev–Trinajstić information content (AvgIpc) is 3.28. The van der Waals surface area contributed by atoms with Crippen LogP contribution in [-0.2, 0) is 9.59 Å². The normalized spacial score (nSPS) is 15.2. The molecule has 0 unspecified atom stereocenters. The van der Waals surface area contributed by atoms with Crippen LogP contribution in [0.25, 0.3) is 44.6 Å². The van der Waals surface area contributed by atoms with Crippen molar-refractivity contribution in [3.8, 4) is 34.3 Å². The third-order valence-corrected chi connectivity index (χ3v) is 11.2. The molecule has 0 saturated carbocycles. The average molecular weight is 877 g/mol. The number of aliphatic hydroxyl groups excluding tert-OH is 2. The van der Waals surface area contributed by atoms with Crippen molar-refractivity contribution in [1.29, 1.82) is 0 Å². The number of halogens is 1.